The lowest BCUT2D eigenvalue weighted by Gasteiger charge is -2.37. The molecule has 0 spiro atoms. The zero-order chi connectivity index (χ0) is 15.6. The number of nitrogens with zero attached hydrogens (tertiary/aromatic N) is 2. The Balaban J connectivity index is 2.01. The molecule has 0 radical (unpaired) electrons. The minimum absolute atomic E-state index is 0.110. The van der Waals surface area contributed by atoms with E-state index in [1.165, 1.54) is 12.8 Å². The highest BCUT2D eigenvalue weighted by molar-refractivity contribution is 5.79. The van der Waals surface area contributed by atoms with Gasteiger partial charge in [0, 0.05) is 18.1 Å². The first-order valence-corrected chi connectivity index (χ1v) is 8.58. The number of likely N-dealkylation sites (tertiary alicyclic amines) is 1. The Morgan fingerprint density at radius 1 is 1.24 bits per heavy atom. The largest absolute Gasteiger partial charge is 0.389 e. The molecule has 4 nitrogen and oxygen atoms in total. The summed E-state index contributed by atoms with van der Waals surface area (Å²) in [5.74, 6) is 0.244. The molecular formula is C17H32N2O2. The van der Waals surface area contributed by atoms with Crippen LogP contribution in [0.15, 0.2) is 0 Å². The van der Waals surface area contributed by atoms with Gasteiger partial charge in [0.05, 0.1) is 12.1 Å². The van der Waals surface area contributed by atoms with Crippen LogP contribution in [-0.2, 0) is 4.79 Å². The van der Waals surface area contributed by atoms with Crippen molar-refractivity contribution < 1.29 is 9.90 Å². The van der Waals surface area contributed by atoms with Gasteiger partial charge >= 0.3 is 0 Å². The molecule has 1 aliphatic carbocycles. The van der Waals surface area contributed by atoms with E-state index in [4.69, 9.17) is 0 Å². The summed E-state index contributed by atoms with van der Waals surface area (Å²) in [6.07, 6.45) is 6.86. The van der Waals surface area contributed by atoms with Crippen LogP contribution in [0.25, 0.3) is 0 Å². The molecule has 2 fully saturated rings. The first-order chi connectivity index (χ1) is 9.80. The number of carbonyl (C=O) groups is 1. The van der Waals surface area contributed by atoms with Crippen molar-refractivity contribution in [2.24, 2.45) is 0 Å². The summed E-state index contributed by atoms with van der Waals surface area (Å²) in [5.41, 5.74) is -0.729. The number of rotatable bonds is 5. The maximum absolute atomic E-state index is 12.8. The van der Waals surface area contributed by atoms with Crippen molar-refractivity contribution in [1.82, 2.24) is 9.80 Å². The monoisotopic (exact) mass is 296 g/mol. The molecule has 2 rings (SSSR count). The number of hydrogen-bond donors (Lipinski definition) is 1. The summed E-state index contributed by atoms with van der Waals surface area (Å²) in [4.78, 5) is 17.1. The Morgan fingerprint density at radius 3 is 2.38 bits per heavy atom. The average molecular weight is 296 g/mol. The van der Waals surface area contributed by atoms with Gasteiger partial charge in [0.2, 0.25) is 5.91 Å². The molecule has 0 aromatic carbocycles. The van der Waals surface area contributed by atoms with E-state index in [1.807, 2.05) is 13.8 Å². The fraction of sp³-hybridized carbons (Fsp3) is 0.941. The minimum atomic E-state index is -0.729. The van der Waals surface area contributed by atoms with Crippen molar-refractivity contribution in [3.8, 4) is 0 Å². The Morgan fingerprint density at radius 2 is 1.86 bits per heavy atom. The molecule has 2 aliphatic rings. The summed E-state index contributed by atoms with van der Waals surface area (Å²) >= 11 is 0. The molecule has 1 amide bonds. The maximum Gasteiger partial charge on any atom is 0.237 e. The molecule has 1 unspecified atom stereocenters. The summed E-state index contributed by atoms with van der Waals surface area (Å²) in [6, 6.07) is 0.809. The van der Waals surface area contributed by atoms with Crippen molar-refractivity contribution in [3.63, 3.8) is 0 Å². The second-order valence-electron chi connectivity index (χ2n) is 7.62. The van der Waals surface area contributed by atoms with E-state index in [0.717, 1.165) is 32.2 Å². The molecule has 1 saturated heterocycles. The van der Waals surface area contributed by atoms with Gasteiger partial charge in [-0.1, -0.05) is 12.8 Å². The third kappa shape index (κ3) is 3.98. The Labute approximate surface area is 129 Å². The Bertz CT molecular complexity index is 356. The molecule has 21 heavy (non-hydrogen) atoms. The van der Waals surface area contributed by atoms with E-state index in [9.17, 15) is 9.90 Å². The molecule has 1 atom stereocenters. The summed E-state index contributed by atoms with van der Waals surface area (Å²) in [6.45, 7) is 9.34. The summed E-state index contributed by atoms with van der Waals surface area (Å²) < 4.78 is 0. The van der Waals surface area contributed by atoms with Gasteiger partial charge in [0.15, 0.2) is 0 Å². The van der Waals surface area contributed by atoms with Crippen LogP contribution < -0.4 is 0 Å². The predicted molar refractivity (Wildman–Crippen MR) is 85.1 cm³/mol. The third-order valence-electron chi connectivity index (χ3n) is 5.08. The zero-order valence-electron chi connectivity index (χ0n) is 14.1. The van der Waals surface area contributed by atoms with Gasteiger partial charge in [-0.3, -0.25) is 9.69 Å². The van der Waals surface area contributed by atoms with E-state index in [0.29, 0.717) is 12.6 Å². The first-order valence-electron chi connectivity index (χ1n) is 8.58. The first kappa shape index (κ1) is 16.8. The van der Waals surface area contributed by atoms with Crippen molar-refractivity contribution in [1.29, 1.82) is 0 Å². The van der Waals surface area contributed by atoms with Gasteiger partial charge in [-0.15, -0.1) is 0 Å². The molecule has 4 heteroatoms. The molecule has 0 aromatic heterocycles. The molecule has 0 aromatic rings. The smallest absolute Gasteiger partial charge is 0.237 e. The Kier molecular flexibility index (Phi) is 5.31. The van der Waals surface area contributed by atoms with Crippen LogP contribution in [0.2, 0.25) is 0 Å². The highest BCUT2D eigenvalue weighted by Crippen LogP contribution is 2.28. The van der Waals surface area contributed by atoms with Gasteiger partial charge in [-0.2, -0.15) is 0 Å². The van der Waals surface area contributed by atoms with Crippen LogP contribution >= 0.6 is 0 Å². The van der Waals surface area contributed by atoms with Crippen molar-refractivity contribution in [3.05, 3.63) is 0 Å². The lowest BCUT2D eigenvalue weighted by molar-refractivity contribution is -0.138. The van der Waals surface area contributed by atoms with Crippen LogP contribution in [0, 0.1) is 0 Å². The standard InChI is InChI=1S/C17H32N2O2/c1-13(2)19(14-8-5-6-9-14)16(20)12-18-11-7-10-15(18)17(3,4)21/h13-15,21H,5-12H2,1-4H3. The molecule has 1 N–H and O–H groups in total. The van der Waals surface area contributed by atoms with Gasteiger partial charge in [0.25, 0.3) is 0 Å². The van der Waals surface area contributed by atoms with Crippen molar-refractivity contribution >= 4 is 5.91 Å². The van der Waals surface area contributed by atoms with Gasteiger partial charge in [-0.25, -0.2) is 0 Å². The van der Waals surface area contributed by atoms with Crippen LogP contribution in [-0.4, -0.2) is 57.6 Å². The second kappa shape index (κ2) is 6.66. The molecule has 1 saturated carbocycles. The lowest BCUT2D eigenvalue weighted by atomic mass is 9.96. The fourth-order valence-electron chi connectivity index (χ4n) is 4.17. The summed E-state index contributed by atoms with van der Waals surface area (Å²) in [5, 5.41) is 10.3. The van der Waals surface area contributed by atoms with Crippen molar-refractivity contribution in [2.75, 3.05) is 13.1 Å². The fourth-order valence-corrected chi connectivity index (χ4v) is 4.17. The number of aliphatic hydroxyl groups is 1. The van der Waals surface area contributed by atoms with E-state index >= 15 is 0 Å². The third-order valence-corrected chi connectivity index (χ3v) is 5.08. The number of hydrogen-bond acceptors (Lipinski definition) is 3. The minimum Gasteiger partial charge on any atom is -0.389 e. The number of amides is 1. The van der Waals surface area contributed by atoms with Gasteiger partial charge in [-0.05, 0) is 59.9 Å². The van der Waals surface area contributed by atoms with Crippen molar-refractivity contribution in [2.45, 2.75) is 89.9 Å². The van der Waals surface area contributed by atoms with Gasteiger partial charge in [0.1, 0.15) is 0 Å². The van der Waals surface area contributed by atoms with Gasteiger partial charge < -0.3 is 10.0 Å². The van der Waals surface area contributed by atoms with Crippen LogP contribution in [0.5, 0.6) is 0 Å². The average Bonchev–Trinajstić information content (AvgIpc) is 2.98. The predicted octanol–water partition coefficient (Wildman–Crippen LogP) is 2.40. The Hall–Kier alpha value is -0.610. The quantitative estimate of drug-likeness (QED) is 0.847. The molecular weight excluding hydrogens is 264 g/mol. The van der Waals surface area contributed by atoms with E-state index < -0.39 is 5.60 Å². The highest BCUT2D eigenvalue weighted by atomic mass is 16.3. The molecule has 0 bridgehead atoms. The lowest BCUT2D eigenvalue weighted by Crippen LogP contribution is -2.52. The summed E-state index contributed by atoms with van der Waals surface area (Å²) in [7, 11) is 0. The second-order valence-corrected chi connectivity index (χ2v) is 7.62. The van der Waals surface area contributed by atoms with E-state index in [-0.39, 0.29) is 18.0 Å². The van der Waals surface area contributed by atoms with E-state index in [1.54, 1.807) is 0 Å². The molecule has 122 valence electrons. The van der Waals surface area contributed by atoms with Crippen LogP contribution in [0.4, 0.5) is 0 Å². The highest BCUT2D eigenvalue weighted by Gasteiger charge is 2.38. The SMILES string of the molecule is CC(C)N(C(=O)CN1CCCC1C(C)(C)O)C1CCCC1. The maximum atomic E-state index is 12.8. The molecule has 1 heterocycles. The number of carbonyl (C=O) groups excluding carboxylic acids is 1. The topological polar surface area (TPSA) is 43.8 Å². The molecule has 1 aliphatic heterocycles. The zero-order valence-corrected chi connectivity index (χ0v) is 14.1. The van der Waals surface area contributed by atoms with E-state index in [2.05, 4.69) is 23.6 Å². The normalized spacial score (nSPS) is 25.0. The van der Waals surface area contributed by atoms with Crippen LogP contribution in [0.3, 0.4) is 0 Å². The van der Waals surface area contributed by atoms with Crippen LogP contribution in [0.1, 0.15) is 66.2 Å².